The SMILES string of the molecule is CNS(=O)(=O)N1CCC[C@@H](N2CCc3c(-c4cnc(N)nc4)nc(N4CCOCC4)nc32)C1. The van der Waals surface area contributed by atoms with Crippen LogP contribution in [0.4, 0.5) is 17.7 Å². The smallest absolute Gasteiger partial charge is 0.279 e. The van der Waals surface area contributed by atoms with Gasteiger partial charge in [-0.25, -0.2) is 19.7 Å². The van der Waals surface area contributed by atoms with E-state index in [-0.39, 0.29) is 12.0 Å². The van der Waals surface area contributed by atoms with Gasteiger partial charge in [0.05, 0.1) is 18.9 Å². The number of nitrogens with two attached hydrogens (primary N) is 1. The number of hydrogen-bond donors (Lipinski definition) is 2. The van der Waals surface area contributed by atoms with E-state index in [9.17, 15) is 8.42 Å². The average Bonchev–Trinajstić information content (AvgIpc) is 3.29. The van der Waals surface area contributed by atoms with Gasteiger partial charge in [-0.05, 0) is 19.3 Å². The van der Waals surface area contributed by atoms with E-state index >= 15 is 0 Å². The van der Waals surface area contributed by atoms with Gasteiger partial charge in [-0.2, -0.15) is 17.7 Å². The first kappa shape index (κ1) is 22.2. The maximum atomic E-state index is 12.4. The Morgan fingerprint density at radius 1 is 1.12 bits per heavy atom. The van der Waals surface area contributed by atoms with Crippen LogP contribution in [0.5, 0.6) is 0 Å². The lowest BCUT2D eigenvalue weighted by Crippen LogP contribution is -2.52. The lowest BCUT2D eigenvalue weighted by Gasteiger charge is -2.37. The van der Waals surface area contributed by atoms with Crippen LogP contribution in [-0.4, -0.2) is 91.7 Å². The zero-order valence-electron chi connectivity index (χ0n) is 18.6. The molecule has 3 aliphatic rings. The molecule has 33 heavy (non-hydrogen) atoms. The molecule has 178 valence electrons. The van der Waals surface area contributed by atoms with E-state index in [0.29, 0.717) is 45.3 Å². The molecule has 2 saturated heterocycles. The Bertz CT molecular complexity index is 1110. The van der Waals surface area contributed by atoms with Crippen LogP contribution in [0.3, 0.4) is 0 Å². The molecule has 2 aromatic heterocycles. The molecule has 0 unspecified atom stereocenters. The first-order valence-electron chi connectivity index (χ1n) is 11.2. The molecular weight excluding hydrogens is 446 g/mol. The van der Waals surface area contributed by atoms with Crippen LogP contribution in [0.25, 0.3) is 11.3 Å². The van der Waals surface area contributed by atoms with Gasteiger partial charge in [0.2, 0.25) is 11.9 Å². The number of piperidine rings is 1. The van der Waals surface area contributed by atoms with E-state index < -0.39 is 10.2 Å². The Hall–Kier alpha value is -2.61. The zero-order chi connectivity index (χ0) is 23.0. The summed E-state index contributed by atoms with van der Waals surface area (Å²) in [6.45, 7) is 4.41. The van der Waals surface area contributed by atoms with Gasteiger partial charge in [0.1, 0.15) is 5.82 Å². The van der Waals surface area contributed by atoms with Gasteiger partial charge in [-0.1, -0.05) is 0 Å². The van der Waals surface area contributed by atoms with Crippen LogP contribution in [-0.2, 0) is 21.4 Å². The van der Waals surface area contributed by atoms with Crippen molar-refractivity contribution in [1.82, 2.24) is 29.0 Å². The van der Waals surface area contributed by atoms with Crippen molar-refractivity contribution >= 4 is 27.9 Å². The molecule has 0 aromatic carbocycles. The van der Waals surface area contributed by atoms with E-state index in [2.05, 4.69) is 24.5 Å². The number of ether oxygens (including phenoxy) is 1. The summed E-state index contributed by atoms with van der Waals surface area (Å²) in [5, 5.41) is 0. The molecule has 0 aliphatic carbocycles. The molecule has 0 bridgehead atoms. The summed E-state index contributed by atoms with van der Waals surface area (Å²) >= 11 is 0. The second-order valence-electron chi connectivity index (χ2n) is 8.41. The quantitative estimate of drug-likeness (QED) is 0.589. The fourth-order valence-electron chi connectivity index (χ4n) is 4.75. The number of rotatable bonds is 5. The van der Waals surface area contributed by atoms with Gasteiger partial charge >= 0.3 is 0 Å². The third-order valence-electron chi connectivity index (χ3n) is 6.49. The van der Waals surface area contributed by atoms with Crippen LogP contribution < -0.4 is 20.3 Å². The minimum atomic E-state index is -3.47. The molecular formula is C20H29N9O3S. The standard InChI is InChI=1S/C20H29N9O3S/c1-22-33(30,31)28-5-2-3-15(13-28)29-6-4-16-17(14-11-23-19(21)24-12-14)25-20(26-18(16)29)27-7-9-32-10-8-27/h11-12,15,22H,2-10,13H2,1H3,(H2,21,23,24)/t15-/m1/s1. The Kier molecular flexibility index (Phi) is 6.03. The first-order chi connectivity index (χ1) is 16.0. The minimum absolute atomic E-state index is 0.0473. The molecule has 3 N–H and O–H groups in total. The minimum Gasteiger partial charge on any atom is -0.378 e. The monoisotopic (exact) mass is 475 g/mol. The number of nitrogens with one attached hydrogen (secondary N) is 1. The normalized spacial score (nSPS) is 21.9. The maximum Gasteiger partial charge on any atom is 0.279 e. The largest absolute Gasteiger partial charge is 0.378 e. The van der Waals surface area contributed by atoms with Crippen molar-refractivity contribution in [3.05, 3.63) is 18.0 Å². The van der Waals surface area contributed by atoms with E-state index in [4.69, 9.17) is 20.4 Å². The van der Waals surface area contributed by atoms with Crippen molar-refractivity contribution in [1.29, 1.82) is 0 Å². The van der Waals surface area contributed by atoms with Crippen molar-refractivity contribution in [2.45, 2.75) is 25.3 Å². The van der Waals surface area contributed by atoms with Gasteiger partial charge in [-0.3, -0.25) is 0 Å². The van der Waals surface area contributed by atoms with Gasteiger partial charge in [0, 0.05) is 69.3 Å². The number of morpholine rings is 1. The molecule has 2 aromatic rings. The maximum absolute atomic E-state index is 12.4. The van der Waals surface area contributed by atoms with Crippen molar-refractivity contribution in [2.24, 2.45) is 0 Å². The van der Waals surface area contributed by atoms with E-state index in [1.165, 1.54) is 11.4 Å². The number of anilines is 3. The summed E-state index contributed by atoms with van der Waals surface area (Å²) in [7, 11) is -2.02. The van der Waals surface area contributed by atoms with E-state index in [1.807, 2.05) is 0 Å². The highest BCUT2D eigenvalue weighted by Crippen LogP contribution is 2.37. The molecule has 0 amide bonds. The number of nitrogens with zero attached hydrogens (tertiary/aromatic N) is 7. The number of hydrogen-bond acceptors (Lipinski definition) is 10. The Labute approximate surface area is 193 Å². The van der Waals surface area contributed by atoms with Crippen molar-refractivity contribution < 1.29 is 13.2 Å². The van der Waals surface area contributed by atoms with E-state index in [0.717, 1.165) is 48.4 Å². The Balaban J connectivity index is 1.53. The van der Waals surface area contributed by atoms with Gasteiger partial charge < -0.3 is 20.3 Å². The first-order valence-corrected chi connectivity index (χ1v) is 12.7. The molecule has 0 spiro atoms. The summed E-state index contributed by atoms with van der Waals surface area (Å²) in [6, 6.07) is 0.0473. The molecule has 12 nitrogen and oxygen atoms in total. The molecule has 1 atom stereocenters. The Morgan fingerprint density at radius 3 is 2.61 bits per heavy atom. The fraction of sp³-hybridized carbons (Fsp3) is 0.600. The Morgan fingerprint density at radius 2 is 1.88 bits per heavy atom. The average molecular weight is 476 g/mol. The predicted molar refractivity (Wildman–Crippen MR) is 124 cm³/mol. The highest BCUT2D eigenvalue weighted by Gasteiger charge is 2.36. The lowest BCUT2D eigenvalue weighted by atomic mass is 10.1. The van der Waals surface area contributed by atoms with Crippen LogP contribution in [0.2, 0.25) is 0 Å². The number of aromatic nitrogens is 4. The molecule has 13 heteroatoms. The molecule has 3 aliphatic heterocycles. The topological polar surface area (TPSA) is 143 Å². The summed E-state index contributed by atoms with van der Waals surface area (Å²) in [4.78, 5) is 22.6. The lowest BCUT2D eigenvalue weighted by molar-refractivity contribution is 0.122. The van der Waals surface area contributed by atoms with Crippen molar-refractivity contribution in [3.63, 3.8) is 0 Å². The zero-order valence-corrected chi connectivity index (χ0v) is 19.5. The molecule has 5 rings (SSSR count). The second-order valence-corrected chi connectivity index (χ2v) is 10.3. The van der Waals surface area contributed by atoms with Gasteiger partial charge in [-0.15, -0.1) is 0 Å². The molecule has 0 radical (unpaired) electrons. The summed E-state index contributed by atoms with van der Waals surface area (Å²) in [5.74, 6) is 1.73. The highest BCUT2D eigenvalue weighted by molar-refractivity contribution is 7.87. The summed E-state index contributed by atoms with van der Waals surface area (Å²) in [6.07, 6.45) is 5.87. The number of fused-ring (bicyclic) bond motifs is 1. The van der Waals surface area contributed by atoms with Gasteiger partial charge in [0.25, 0.3) is 10.2 Å². The fourth-order valence-corrected chi connectivity index (χ4v) is 5.74. The van der Waals surface area contributed by atoms with Crippen LogP contribution in [0, 0.1) is 0 Å². The molecule has 5 heterocycles. The van der Waals surface area contributed by atoms with Crippen molar-refractivity contribution in [2.75, 3.05) is 68.5 Å². The predicted octanol–water partition coefficient (Wildman–Crippen LogP) is -0.356. The van der Waals surface area contributed by atoms with E-state index in [1.54, 1.807) is 12.4 Å². The van der Waals surface area contributed by atoms with Crippen molar-refractivity contribution in [3.8, 4) is 11.3 Å². The molecule has 0 saturated carbocycles. The number of nitrogen functional groups attached to an aromatic ring is 1. The van der Waals surface area contributed by atoms with Crippen LogP contribution in [0.1, 0.15) is 18.4 Å². The van der Waals surface area contributed by atoms with Crippen LogP contribution >= 0.6 is 0 Å². The second kappa shape index (κ2) is 8.97. The molecule has 2 fully saturated rings. The third-order valence-corrected chi connectivity index (χ3v) is 8.01. The summed E-state index contributed by atoms with van der Waals surface area (Å²) in [5.41, 5.74) is 8.33. The summed E-state index contributed by atoms with van der Waals surface area (Å²) < 4.78 is 34.3. The highest BCUT2D eigenvalue weighted by atomic mass is 32.2. The third kappa shape index (κ3) is 4.33. The van der Waals surface area contributed by atoms with Crippen LogP contribution in [0.15, 0.2) is 12.4 Å². The van der Waals surface area contributed by atoms with Gasteiger partial charge in [0.15, 0.2) is 0 Å².